The predicted octanol–water partition coefficient (Wildman–Crippen LogP) is 4.73. The van der Waals surface area contributed by atoms with E-state index in [0.717, 1.165) is 22.2 Å². The van der Waals surface area contributed by atoms with E-state index in [1.54, 1.807) is 30.5 Å². The van der Waals surface area contributed by atoms with Gasteiger partial charge in [-0.25, -0.2) is 9.59 Å². The molecule has 0 unspecified atom stereocenters. The molecule has 3 aromatic rings. The van der Waals surface area contributed by atoms with Gasteiger partial charge in [-0.1, -0.05) is 18.2 Å². The lowest BCUT2D eigenvalue weighted by Crippen LogP contribution is -2.26. The molecule has 1 aromatic heterocycles. The molecule has 0 aliphatic rings. The standard InChI is InChI=1S/C21H22N2O4/c1-21(2,3)27-20(26)23-13-15(17-6-4-5-7-18(17)23)12-22-16-10-8-14(9-11-16)19(24)25/h4-11,13,22H,12H2,1-3H3,(H,24,25). The molecule has 2 N–H and O–H groups in total. The zero-order valence-corrected chi connectivity index (χ0v) is 15.5. The SMILES string of the molecule is CC(C)(C)OC(=O)n1cc(CNc2ccc(C(=O)O)cc2)c2ccccc21. The van der Waals surface area contributed by atoms with Crippen molar-refractivity contribution in [2.75, 3.05) is 5.32 Å². The van der Waals surface area contributed by atoms with Crippen LogP contribution in [0.4, 0.5) is 10.5 Å². The summed E-state index contributed by atoms with van der Waals surface area (Å²) in [6.07, 6.45) is 1.35. The Morgan fingerprint density at radius 3 is 2.37 bits per heavy atom. The number of hydrogen-bond acceptors (Lipinski definition) is 4. The monoisotopic (exact) mass is 366 g/mol. The molecular weight excluding hydrogens is 344 g/mol. The molecule has 27 heavy (non-hydrogen) atoms. The van der Waals surface area contributed by atoms with Crippen LogP contribution >= 0.6 is 0 Å². The van der Waals surface area contributed by atoms with Crippen LogP contribution in [0.2, 0.25) is 0 Å². The molecule has 0 bridgehead atoms. The number of carboxylic acid groups (broad SMARTS) is 1. The van der Waals surface area contributed by atoms with Gasteiger partial charge in [-0.2, -0.15) is 0 Å². The average molecular weight is 366 g/mol. The number of aromatic nitrogens is 1. The van der Waals surface area contributed by atoms with E-state index in [0.29, 0.717) is 6.54 Å². The van der Waals surface area contributed by atoms with Crippen LogP contribution in [0.5, 0.6) is 0 Å². The molecule has 0 amide bonds. The van der Waals surface area contributed by atoms with E-state index in [1.807, 2.05) is 45.0 Å². The second-order valence-electron chi connectivity index (χ2n) is 7.26. The van der Waals surface area contributed by atoms with E-state index in [-0.39, 0.29) is 5.56 Å². The molecule has 0 spiro atoms. The van der Waals surface area contributed by atoms with Crippen molar-refractivity contribution >= 4 is 28.7 Å². The Balaban J connectivity index is 1.84. The lowest BCUT2D eigenvalue weighted by Gasteiger charge is -2.19. The Morgan fingerprint density at radius 1 is 1.07 bits per heavy atom. The fourth-order valence-electron chi connectivity index (χ4n) is 2.78. The number of nitrogens with zero attached hydrogens (tertiary/aromatic N) is 1. The Morgan fingerprint density at radius 2 is 1.74 bits per heavy atom. The van der Waals surface area contributed by atoms with Crippen LogP contribution in [-0.4, -0.2) is 27.3 Å². The van der Waals surface area contributed by atoms with Crippen molar-refractivity contribution in [3.05, 3.63) is 65.9 Å². The summed E-state index contributed by atoms with van der Waals surface area (Å²) in [7, 11) is 0. The number of nitrogens with one attached hydrogen (secondary N) is 1. The topological polar surface area (TPSA) is 80.6 Å². The molecule has 6 heteroatoms. The Kier molecular flexibility index (Phi) is 4.90. The molecule has 140 valence electrons. The third kappa shape index (κ3) is 4.28. The van der Waals surface area contributed by atoms with Gasteiger partial charge in [0.05, 0.1) is 11.1 Å². The smallest absolute Gasteiger partial charge is 0.419 e. The molecule has 0 fully saturated rings. The van der Waals surface area contributed by atoms with Gasteiger partial charge in [0.15, 0.2) is 0 Å². The minimum Gasteiger partial charge on any atom is -0.478 e. The summed E-state index contributed by atoms with van der Waals surface area (Å²) in [5.41, 5.74) is 2.19. The molecule has 0 aliphatic carbocycles. The molecule has 0 saturated carbocycles. The number of carbonyl (C=O) groups excluding carboxylic acids is 1. The summed E-state index contributed by atoms with van der Waals surface area (Å²) in [5, 5.41) is 13.2. The molecule has 1 heterocycles. The summed E-state index contributed by atoms with van der Waals surface area (Å²) < 4.78 is 7.01. The summed E-state index contributed by atoms with van der Waals surface area (Å²) in [6, 6.07) is 14.2. The molecule has 2 aromatic carbocycles. The number of rotatable bonds is 4. The number of carbonyl (C=O) groups is 2. The van der Waals surface area contributed by atoms with Crippen LogP contribution < -0.4 is 5.32 Å². The fourth-order valence-corrected chi connectivity index (χ4v) is 2.78. The number of carboxylic acids is 1. The first-order chi connectivity index (χ1) is 12.7. The Labute approximate surface area is 157 Å². The summed E-state index contributed by atoms with van der Waals surface area (Å²) in [6.45, 7) is 5.99. The largest absolute Gasteiger partial charge is 0.478 e. The van der Waals surface area contributed by atoms with Gasteiger partial charge in [-0.05, 0) is 56.7 Å². The molecule has 0 aliphatic heterocycles. The van der Waals surface area contributed by atoms with Gasteiger partial charge in [0, 0.05) is 23.8 Å². The normalized spacial score (nSPS) is 11.4. The lowest BCUT2D eigenvalue weighted by molar-refractivity contribution is 0.0543. The fraction of sp³-hybridized carbons (Fsp3) is 0.238. The molecule has 0 radical (unpaired) electrons. The maximum Gasteiger partial charge on any atom is 0.419 e. The van der Waals surface area contributed by atoms with Crippen LogP contribution in [0.15, 0.2) is 54.7 Å². The third-order valence-electron chi connectivity index (χ3n) is 4.00. The van der Waals surface area contributed by atoms with Crippen molar-refractivity contribution in [1.29, 1.82) is 0 Å². The van der Waals surface area contributed by atoms with Crippen LogP contribution in [0.1, 0.15) is 36.7 Å². The molecular formula is C21H22N2O4. The minimum atomic E-state index is -0.956. The van der Waals surface area contributed by atoms with Gasteiger partial charge in [-0.15, -0.1) is 0 Å². The highest BCUT2D eigenvalue weighted by Crippen LogP contribution is 2.24. The van der Waals surface area contributed by atoms with E-state index in [1.165, 1.54) is 4.57 Å². The summed E-state index contributed by atoms with van der Waals surface area (Å²) >= 11 is 0. The highest BCUT2D eigenvalue weighted by molar-refractivity contribution is 5.92. The number of para-hydroxylation sites is 1. The molecule has 0 atom stereocenters. The van der Waals surface area contributed by atoms with Crippen LogP contribution in [0, 0.1) is 0 Å². The van der Waals surface area contributed by atoms with Crippen LogP contribution in [0.3, 0.4) is 0 Å². The minimum absolute atomic E-state index is 0.238. The Hall–Kier alpha value is -3.28. The zero-order valence-electron chi connectivity index (χ0n) is 15.5. The summed E-state index contributed by atoms with van der Waals surface area (Å²) in [5.74, 6) is -0.956. The van der Waals surface area contributed by atoms with Gasteiger partial charge < -0.3 is 15.2 Å². The van der Waals surface area contributed by atoms with E-state index < -0.39 is 17.7 Å². The first kappa shape index (κ1) is 18.5. The van der Waals surface area contributed by atoms with Gasteiger partial charge in [0.2, 0.25) is 0 Å². The van der Waals surface area contributed by atoms with Crippen molar-refractivity contribution in [1.82, 2.24) is 4.57 Å². The van der Waals surface area contributed by atoms with Crippen molar-refractivity contribution < 1.29 is 19.4 Å². The van der Waals surface area contributed by atoms with Crippen LogP contribution in [-0.2, 0) is 11.3 Å². The van der Waals surface area contributed by atoms with Crippen molar-refractivity contribution in [2.24, 2.45) is 0 Å². The zero-order chi connectivity index (χ0) is 19.6. The second-order valence-corrected chi connectivity index (χ2v) is 7.26. The number of benzene rings is 2. The summed E-state index contributed by atoms with van der Waals surface area (Å²) in [4.78, 5) is 23.5. The maximum absolute atomic E-state index is 12.5. The van der Waals surface area contributed by atoms with E-state index in [9.17, 15) is 9.59 Å². The first-order valence-corrected chi connectivity index (χ1v) is 8.64. The number of anilines is 1. The maximum atomic E-state index is 12.5. The molecule has 0 saturated heterocycles. The number of fused-ring (bicyclic) bond motifs is 1. The van der Waals surface area contributed by atoms with Gasteiger partial charge in [0.1, 0.15) is 5.60 Å². The molecule has 3 rings (SSSR count). The van der Waals surface area contributed by atoms with Crippen molar-refractivity contribution in [3.63, 3.8) is 0 Å². The number of ether oxygens (including phenoxy) is 1. The average Bonchev–Trinajstić information content (AvgIpc) is 2.98. The first-order valence-electron chi connectivity index (χ1n) is 8.64. The number of hydrogen-bond donors (Lipinski definition) is 2. The highest BCUT2D eigenvalue weighted by atomic mass is 16.6. The van der Waals surface area contributed by atoms with Crippen molar-refractivity contribution in [2.45, 2.75) is 32.9 Å². The van der Waals surface area contributed by atoms with Crippen LogP contribution in [0.25, 0.3) is 10.9 Å². The van der Waals surface area contributed by atoms with E-state index >= 15 is 0 Å². The Bertz CT molecular complexity index is 982. The van der Waals surface area contributed by atoms with Gasteiger partial charge >= 0.3 is 12.1 Å². The van der Waals surface area contributed by atoms with E-state index in [4.69, 9.17) is 9.84 Å². The quantitative estimate of drug-likeness (QED) is 0.697. The number of aromatic carboxylic acids is 1. The van der Waals surface area contributed by atoms with Crippen molar-refractivity contribution in [3.8, 4) is 0 Å². The predicted molar refractivity (Wildman–Crippen MR) is 104 cm³/mol. The molecule has 6 nitrogen and oxygen atoms in total. The second kappa shape index (κ2) is 7.15. The van der Waals surface area contributed by atoms with E-state index in [2.05, 4.69) is 5.32 Å². The lowest BCUT2D eigenvalue weighted by atomic mass is 10.1. The van der Waals surface area contributed by atoms with Gasteiger partial charge in [-0.3, -0.25) is 4.57 Å². The highest BCUT2D eigenvalue weighted by Gasteiger charge is 2.20. The van der Waals surface area contributed by atoms with Gasteiger partial charge in [0.25, 0.3) is 0 Å². The third-order valence-corrected chi connectivity index (χ3v) is 4.00.